The van der Waals surface area contributed by atoms with Crippen LogP contribution in [0.25, 0.3) is 0 Å². The van der Waals surface area contributed by atoms with Crippen molar-refractivity contribution in [3.63, 3.8) is 0 Å². The molecular weight excluding hydrogens is 260 g/mol. The Hall–Kier alpha value is -1.29. The third-order valence-corrected chi connectivity index (χ3v) is 4.93. The standard InChI is InChI=1S/C16H19F2NO/c1-19-11-6-7-12(19)9-10(8-11)15(20)13-4-2-3-5-14(13)16(17)18/h2-5,10-12,16H,6-9H2,1H3. The molecule has 0 spiro atoms. The number of fused-ring (bicyclic) bond motifs is 2. The Morgan fingerprint density at radius 3 is 2.40 bits per heavy atom. The number of ketones is 1. The van der Waals surface area contributed by atoms with Crippen LogP contribution in [0.2, 0.25) is 0 Å². The molecule has 0 radical (unpaired) electrons. The van der Waals surface area contributed by atoms with E-state index in [4.69, 9.17) is 0 Å². The van der Waals surface area contributed by atoms with Gasteiger partial charge in [-0.15, -0.1) is 0 Å². The monoisotopic (exact) mass is 279 g/mol. The predicted octanol–water partition coefficient (Wildman–Crippen LogP) is 3.68. The van der Waals surface area contributed by atoms with Crippen molar-refractivity contribution in [3.8, 4) is 0 Å². The lowest BCUT2D eigenvalue weighted by Crippen LogP contribution is -2.42. The number of Topliss-reactive ketones (excluding diaryl/α,β-unsaturated/α-hetero) is 1. The predicted molar refractivity (Wildman–Crippen MR) is 73.0 cm³/mol. The van der Waals surface area contributed by atoms with Crippen LogP contribution in [0.4, 0.5) is 8.78 Å². The summed E-state index contributed by atoms with van der Waals surface area (Å²) in [5.74, 6) is -0.186. The van der Waals surface area contributed by atoms with E-state index in [-0.39, 0.29) is 22.8 Å². The molecule has 0 saturated carbocycles. The van der Waals surface area contributed by atoms with Crippen LogP contribution < -0.4 is 0 Å². The van der Waals surface area contributed by atoms with Crippen molar-refractivity contribution in [2.24, 2.45) is 5.92 Å². The summed E-state index contributed by atoms with van der Waals surface area (Å²) in [6.45, 7) is 0. The van der Waals surface area contributed by atoms with Gasteiger partial charge in [-0.25, -0.2) is 8.78 Å². The quantitative estimate of drug-likeness (QED) is 0.787. The number of rotatable bonds is 3. The van der Waals surface area contributed by atoms with Crippen LogP contribution in [-0.2, 0) is 0 Å². The summed E-state index contributed by atoms with van der Waals surface area (Å²) in [4.78, 5) is 14.9. The fourth-order valence-corrected chi connectivity index (χ4v) is 3.76. The molecule has 2 unspecified atom stereocenters. The van der Waals surface area contributed by atoms with Crippen LogP contribution in [0.3, 0.4) is 0 Å². The Morgan fingerprint density at radius 2 is 1.80 bits per heavy atom. The van der Waals surface area contributed by atoms with Crippen LogP contribution >= 0.6 is 0 Å². The van der Waals surface area contributed by atoms with Gasteiger partial charge in [-0.1, -0.05) is 24.3 Å². The molecule has 2 nitrogen and oxygen atoms in total. The van der Waals surface area contributed by atoms with Gasteiger partial charge in [-0.3, -0.25) is 4.79 Å². The number of carbonyl (C=O) groups excluding carboxylic acids is 1. The van der Waals surface area contributed by atoms with Crippen LogP contribution in [-0.4, -0.2) is 29.8 Å². The van der Waals surface area contributed by atoms with Gasteiger partial charge in [-0.05, 0) is 32.7 Å². The lowest BCUT2D eigenvalue weighted by Gasteiger charge is -2.35. The number of alkyl halides is 2. The minimum absolute atomic E-state index is 0.0918. The summed E-state index contributed by atoms with van der Waals surface area (Å²) in [5, 5.41) is 0. The number of halogens is 2. The average molecular weight is 279 g/mol. The highest BCUT2D eigenvalue weighted by molar-refractivity contribution is 5.99. The van der Waals surface area contributed by atoms with Crippen LogP contribution in [0.5, 0.6) is 0 Å². The lowest BCUT2D eigenvalue weighted by atomic mass is 9.84. The van der Waals surface area contributed by atoms with Gasteiger partial charge in [0.15, 0.2) is 5.78 Å². The van der Waals surface area contributed by atoms with E-state index in [9.17, 15) is 13.6 Å². The van der Waals surface area contributed by atoms with Gasteiger partial charge in [-0.2, -0.15) is 0 Å². The highest BCUT2D eigenvalue weighted by Crippen LogP contribution is 2.39. The smallest absolute Gasteiger partial charge is 0.264 e. The number of piperidine rings is 1. The maximum Gasteiger partial charge on any atom is 0.264 e. The molecule has 0 aromatic heterocycles. The SMILES string of the molecule is CN1C2CCC1CC(C(=O)c1ccccc1C(F)F)C2. The second-order valence-corrected chi connectivity index (χ2v) is 5.97. The maximum absolute atomic E-state index is 13.0. The first kappa shape index (κ1) is 13.7. The molecule has 4 heteroatoms. The highest BCUT2D eigenvalue weighted by Gasteiger charge is 2.41. The highest BCUT2D eigenvalue weighted by atomic mass is 19.3. The molecule has 2 heterocycles. The average Bonchev–Trinajstić information content (AvgIpc) is 2.68. The number of carbonyl (C=O) groups is 1. The summed E-state index contributed by atoms with van der Waals surface area (Å²) in [7, 11) is 2.11. The summed E-state index contributed by atoms with van der Waals surface area (Å²) in [5.41, 5.74) is 0.0974. The number of hydrogen-bond donors (Lipinski definition) is 0. The summed E-state index contributed by atoms with van der Waals surface area (Å²) >= 11 is 0. The molecule has 2 saturated heterocycles. The molecule has 108 valence electrons. The zero-order chi connectivity index (χ0) is 14.3. The molecule has 0 aliphatic carbocycles. The minimum atomic E-state index is -2.59. The van der Waals surface area contributed by atoms with E-state index < -0.39 is 6.43 Å². The molecule has 1 aromatic carbocycles. The Kier molecular flexibility index (Phi) is 3.59. The Bertz CT molecular complexity index is 503. The van der Waals surface area contributed by atoms with Gasteiger partial charge in [0.2, 0.25) is 0 Å². The summed E-state index contributed by atoms with van der Waals surface area (Å²) in [6.07, 6.45) is 1.29. The van der Waals surface area contributed by atoms with Gasteiger partial charge in [0, 0.05) is 29.1 Å². The molecular formula is C16H19F2NO. The molecule has 2 aliphatic heterocycles. The van der Waals surface area contributed by atoms with Gasteiger partial charge < -0.3 is 4.90 Å². The molecule has 3 rings (SSSR count). The first-order valence-corrected chi connectivity index (χ1v) is 7.21. The fourth-order valence-electron chi connectivity index (χ4n) is 3.76. The third-order valence-electron chi connectivity index (χ3n) is 4.93. The van der Waals surface area contributed by atoms with Gasteiger partial charge in [0.05, 0.1) is 0 Å². The van der Waals surface area contributed by atoms with E-state index >= 15 is 0 Å². The maximum atomic E-state index is 13.0. The van der Waals surface area contributed by atoms with E-state index in [0.29, 0.717) is 12.1 Å². The zero-order valence-electron chi connectivity index (χ0n) is 11.6. The van der Waals surface area contributed by atoms with Crippen molar-refractivity contribution < 1.29 is 13.6 Å². The largest absolute Gasteiger partial charge is 0.300 e. The van der Waals surface area contributed by atoms with Crippen molar-refractivity contribution in [2.75, 3.05) is 7.05 Å². The Labute approximate surface area is 117 Å². The Balaban J connectivity index is 1.84. The topological polar surface area (TPSA) is 20.3 Å². The molecule has 20 heavy (non-hydrogen) atoms. The molecule has 2 aliphatic rings. The second-order valence-electron chi connectivity index (χ2n) is 5.97. The Morgan fingerprint density at radius 1 is 1.20 bits per heavy atom. The van der Waals surface area contributed by atoms with Crippen molar-refractivity contribution in [2.45, 2.75) is 44.2 Å². The first-order valence-electron chi connectivity index (χ1n) is 7.21. The van der Waals surface area contributed by atoms with E-state index in [1.807, 2.05) is 0 Å². The summed E-state index contributed by atoms with van der Waals surface area (Å²) in [6, 6.07) is 7.04. The van der Waals surface area contributed by atoms with E-state index in [1.165, 1.54) is 6.07 Å². The number of benzene rings is 1. The van der Waals surface area contributed by atoms with E-state index in [0.717, 1.165) is 25.7 Å². The van der Waals surface area contributed by atoms with Gasteiger partial charge in [0.25, 0.3) is 6.43 Å². The molecule has 0 amide bonds. The van der Waals surface area contributed by atoms with Gasteiger partial charge in [0.1, 0.15) is 0 Å². The van der Waals surface area contributed by atoms with Crippen molar-refractivity contribution in [1.29, 1.82) is 0 Å². The van der Waals surface area contributed by atoms with Crippen molar-refractivity contribution in [1.82, 2.24) is 4.90 Å². The number of hydrogen-bond acceptors (Lipinski definition) is 2. The van der Waals surface area contributed by atoms with E-state index in [1.54, 1.807) is 18.2 Å². The summed E-state index contributed by atoms with van der Waals surface area (Å²) < 4.78 is 26.0. The molecule has 2 bridgehead atoms. The van der Waals surface area contributed by atoms with Crippen LogP contribution in [0, 0.1) is 5.92 Å². The zero-order valence-corrected chi connectivity index (χ0v) is 11.6. The van der Waals surface area contributed by atoms with Gasteiger partial charge >= 0.3 is 0 Å². The lowest BCUT2D eigenvalue weighted by molar-refractivity contribution is 0.0757. The minimum Gasteiger partial charge on any atom is -0.300 e. The molecule has 2 fully saturated rings. The molecule has 1 aromatic rings. The molecule has 2 atom stereocenters. The van der Waals surface area contributed by atoms with Crippen LogP contribution in [0.15, 0.2) is 24.3 Å². The molecule has 0 N–H and O–H groups in total. The van der Waals surface area contributed by atoms with E-state index in [2.05, 4.69) is 11.9 Å². The second kappa shape index (κ2) is 5.24. The normalized spacial score (nSPS) is 29.9. The van der Waals surface area contributed by atoms with Crippen LogP contribution in [0.1, 0.15) is 48.0 Å². The van der Waals surface area contributed by atoms with Crippen molar-refractivity contribution in [3.05, 3.63) is 35.4 Å². The third kappa shape index (κ3) is 2.26. The first-order chi connectivity index (χ1) is 9.58. The fraction of sp³-hybridized carbons (Fsp3) is 0.562. The number of nitrogens with zero attached hydrogens (tertiary/aromatic N) is 1. The van der Waals surface area contributed by atoms with Crippen molar-refractivity contribution >= 4 is 5.78 Å².